The van der Waals surface area contributed by atoms with Gasteiger partial charge in [-0.25, -0.2) is 0 Å². The van der Waals surface area contributed by atoms with Gasteiger partial charge in [0.25, 0.3) is 0 Å². The van der Waals surface area contributed by atoms with Crippen molar-refractivity contribution in [3.63, 3.8) is 0 Å². The number of aliphatic hydroxyl groups excluding tert-OH is 2. The summed E-state index contributed by atoms with van der Waals surface area (Å²) in [6.07, 6.45) is 32.4. The lowest BCUT2D eigenvalue weighted by Gasteiger charge is -2.39. The fourth-order valence-electron chi connectivity index (χ4n) is 4.37. The maximum absolute atomic E-state index is 12.3. The van der Waals surface area contributed by atoms with Crippen molar-refractivity contribution in [1.29, 1.82) is 0 Å². The van der Waals surface area contributed by atoms with Crippen LogP contribution in [0.4, 0.5) is 0 Å². The van der Waals surface area contributed by atoms with Crippen molar-refractivity contribution in [1.82, 2.24) is 0 Å². The number of carbonyl (C=O) groups is 1. The van der Waals surface area contributed by atoms with Crippen molar-refractivity contribution < 1.29 is 20.1 Å². The third-order valence-corrected chi connectivity index (χ3v) is 7.27. The Hall–Kier alpha value is -3.57. The van der Waals surface area contributed by atoms with Crippen LogP contribution >= 0.6 is 0 Å². The van der Waals surface area contributed by atoms with Crippen LogP contribution < -0.4 is 0 Å². The summed E-state index contributed by atoms with van der Waals surface area (Å²) in [4.78, 5) is 12.3. The molecule has 0 bridgehead atoms. The third-order valence-electron chi connectivity index (χ3n) is 7.27. The fraction of sp³-hybridized carbons (Fsp3) is 0.375. The standard InChI is InChI=1S/C40H54O4/c1-29(19-13-21-31(3)22-14-23-32(4)25-16-28-39(7,8)44)17-11-12-18-30(2)20-15-24-33(5)26-27-35-34(6)36(41)37(42)38(43)40(35,9)10/h11-27,37-38,42-44H,28H2,1-10H3/b12-11+,19-13+,20-15+,22-14+,25-16+,27-26+,29-17+,30-18+,31-21+,32-23+,33-24+/t37-,38?/m1/s1. The van der Waals surface area contributed by atoms with Crippen LogP contribution in [-0.2, 0) is 4.79 Å². The Morgan fingerprint density at radius 2 is 1.09 bits per heavy atom. The Balaban J connectivity index is 2.69. The van der Waals surface area contributed by atoms with E-state index in [1.807, 2.05) is 108 Å². The van der Waals surface area contributed by atoms with Gasteiger partial charge in [-0.3, -0.25) is 4.79 Å². The lowest BCUT2D eigenvalue weighted by atomic mass is 9.69. The number of aliphatic hydroxyl groups is 3. The highest BCUT2D eigenvalue weighted by Crippen LogP contribution is 2.40. The second-order valence-corrected chi connectivity index (χ2v) is 12.8. The van der Waals surface area contributed by atoms with E-state index in [0.717, 1.165) is 33.4 Å². The molecule has 0 amide bonds. The molecule has 0 aromatic rings. The second kappa shape index (κ2) is 18.3. The van der Waals surface area contributed by atoms with Gasteiger partial charge >= 0.3 is 0 Å². The van der Waals surface area contributed by atoms with Gasteiger partial charge in [0.15, 0.2) is 5.78 Å². The van der Waals surface area contributed by atoms with Gasteiger partial charge in [0.2, 0.25) is 0 Å². The van der Waals surface area contributed by atoms with Crippen LogP contribution in [0.3, 0.4) is 0 Å². The monoisotopic (exact) mass is 598 g/mol. The minimum atomic E-state index is -1.38. The Labute approximate surface area is 266 Å². The molecule has 0 spiro atoms. The predicted molar refractivity (Wildman–Crippen MR) is 188 cm³/mol. The number of carbonyl (C=O) groups excluding carboxylic acids is 1. The summed E-state index contributed by atoms with van der Waals surface area (Å²) in [5.74, 6) is -0.420. The Morgan fingerprint density at radius 3 is 1.52 bits per heavy atom. The van der Waals surface area contributed by atoms with E-state index >= 15 is 0 Å². The Kier molecular flexibility index (Phi) is 16.0. The van der Waals surface area contributed by atoms with Gasteiger partial charge in [-0.15, -0.1) is 0 Å². The summed E-state index contributed by atoms with van der Waals surface area (Å²) in [5, 5.41) is 30.2. The number of rotatable bonds is 13. The number of Topliss-reactive ketones (excluding diaryl/α,β-unsaturated/α-hetero) is 1. The van der Waals surface area contributed by atoms with Crippen LogP contribution in [0.2, 0.25) is 0 Å². The second-order valence-electron chi connectivity index (χ2n) is 12.8. The van der Waals surface area contributed by atoms with Gasteiger partial charge in [0.05, 0.1) is 11.7 Å². The van der Waals surface area contributed by atoms with E-state index in [9.17, 15) is 20.1 Å². The zero-order valence-electron chi connectivity index (χ0n) is 28.4. The van der Waals surface area contributed by atoms with Gasteiger partial charge in [0.1, 0.15) is 6.10 Å². The maximum Gasteiger partial charge on any atom is 0.189 e. The molecule has 1 unspecified atom stereocenters. The van der Waals surface area contributed by atoms with Crippen LogP contribution in [-0.4, -0.2) is 38.9 Å². The molecule has 238 valence electrons. The molecule has 4 heteroatoms. The maximum atomic E-state index is 12.3. The molecule has 0 aliphatic heterocycles. The van der Waals surface area contributed by atoms with Gasteiger partial charge in [-0.05, 0) is 73.0 Å². The average molecular weight is 599 g/mol. The molecule has 44 heavy (non-hydrogen) atoms. The Bertz CT molecular complexity index is 1370. The molecule has 0 saturated carbocycles. The molecule has 4 nitrogen and oxygen atoms in total. The summed E-state index contributed by atoms with van der Waals surface area (Å²) in [5.41, 5.74) is 5.36. The van der Waals surface area contributed by atoms with E-state index in [1.165, 1.54) is 0 Å². The summed E-state index contributed by atoms with van der Waals surface area (Å²) in [6, 6.07) is 0. The SMILES string of the molecule is CC1=C(/C=C/C(C)=C/C=C/C(C)=C/C=C/C=C(C)/C=C/C=C(C)/C=C/C=C(C)/C=C/CC(C)(C)O)C(C)(C)C(O)[C@H](O)C1=O. The van der Waals surface area contributed by atoms with Gasteiger partial charge in [0, 0.05) is 5.41 Å². The first-order valence-electron chi connectivity index (χ1n) is 15.2. The van der Waals surface area contributed by atoms with Crippen molar-refractivity contribution in [2.75, 3.05) is 0 Å². The highest BCUT2D eigenvalue weighted by Gasteiger charge is 2.44. The molecular formula is C40H54O4. The quantitative estimate of drug-likeness (QED) is 0.185. The summed E-state index contributed by atoms with van der Waals surface area (Å²) >= 11 is 0. The highest BCUT2D eigenvalue weighted by atomic mass is 16.3. The smallest absolute Gasteiger partial charge is 0.189 e. The molecule has 3 N–H and O–H groups in total. The lowest BCUT2D eigenvalue weighted by Crippen LogP contribution is -2.49. The van der Waals surface area contributed by atoms with E-state index in [1.54, 1.807) is 20.8 Å². The zero-order chi connectivity index (χ0) is 33.5. The zero-order valence-corrected chi connectivity index (χ0v) is 28.4. The van der Waals surface area contributed by atoms with Crippen LogP contribution in [0, 0.1) is 5.41 Å². The first-order valence-corrected chi connectivity index (χ1v) is 15.2. The van der Waals surface area contributed by atoms with E-state index < -0.39 is 29.0 Å². The third kappa shape index (κ3) is 14.3. The van der Waals surface area contributed by atoms with Crippen molar-refractivity contribution in [3.8, 4) is 0 Å². The van der Waals surface area contributed by atoms with Crippen LogP contribution in [0.1, 0.15) is 75.7 Å². The molecule has 1 aliphatic rings. The van der Waals surface area contributed by atoms with E-state index in [-0.39, 0.29) is 0 Å². The van der Waals surface area contributed by atoms with E-state index in [4.69, 9.17) is 0 Å². The van der Waals surface area contributed by atoms with Gasteiger partial charge < -0.3 is 15.3 Å². The van der Waals surface area contributed by atoms with Crippen LogP contribution in [0.25, 0.3) is 0 Å². The molecule has 0 radical (unpaired) electrons. The summed E-state index contributed by atoms with van der Waals surface area (Å²) in [6.45, 7) is 19.2. The molecule has 0 aromatic heterocycles. The minimum absolute atomic E-state index is 0.420. The van der Waals surface area contributed by atoms with Gasteiger partial charge in [-0.2, -0.15) is 0 Å². The van der Waals surface area contributed by atoms with Crippen molar-refractivity contribution in [2.45, 2.75) is 93.5 Å². The average Bonchev–Trinajstić information content (AvgIpc) is 2.92. The van der Waals surface area contributed by atoms with E-state index in [2.05, 4.69) is 44.2 Å². The lowest BCUT2D eigenvalue weighted by molar-refractivity contribution is -0.135. The Morgan fingerprint density at radius 1 is 0.705 bits per heavy atom. The summed E-state index contributed by atoms with van der Waals surface area (Å²) < 4.78 is 0. The number of hydrogen-bond donors (Lipinski definition) is 3. The van der Waals surface area contributed by atoms with Crippen molar-refractivity contribution in [3.05, 3.63) is 142 Å². The molecule has 0 heterocycles. The largest absolute Gasteiger partial charge is 0.390 e. The summed E-state index contributed by atoms with van der Waals surface area (Å²) in [7, 11) is 0. The minimum Gasteiger partial charge on any atom is -0.390 e. The normalized spacial score (nSPS) is 22.1. The number of allylic oxidation sites excluding steroid dienone is 21. The molecule has 1 rings (SSSR count). The molecular weight excluding hydrogens is 544 g/mol. The first kappa shape index (κ1) is 38.5. The first-order chi connectivity index (χ1) is 20.5. The topological polar surface area (TPSA) is 77.8 Å². The van der Waals surface area contributed by atoms with Crippen LogP contribution in [0.5, 0.6) is 0 Å². The molecule has 0 aromatic carbocycles. The number of hydrogen-bond acceptors (Lipinski definition) is 4. The predicted octanol–water partition coefficient (Wildman–Crippen LogP) is 8.86. The molecule has 1 aliphatic carbocycles. The molecule has 2 atom stereocenters. The van der Waals surface area contributed by atoms with Crippen LogP contribution in [0.15, 0.2) is 142 Å². The van der Waals surface area contributed by atoms with Gasteiger partial charge in [-0.1, -0.05) is 145 Å². The van der Waals surface area contributed by atoms with Crippen molar-refractivity contribution >= 4 is 5.78 Å². The van der Waals surface area contributed by atoms with E-state index in [0.29, 0.717) is 12.0 Å². The molecule has 0 saturated heterocycles. The fourth-order valence-corrected chi connectivity index (χ4v) is 4.37. The highest BCUT2D eigenvalue weighted by molar-refractivity contribution is 6.01. The van der Waals surface area contributed by atoms with Crippen molar-refractivity contribution in [2.24, 2.45) is 5.41 Å². The molecule has 0 fully saturated rings. The number of ketones is 1.